The number of rotatable bonds is 4. The second kappa shape index (κ2) is 6.81. The Hall–Kier alpha value is -2.05. The van der Waals surface area contributed by atoms with Gasteiger partial charge in [0.2, 0.25) is 0 Å². The van der Waals surface area contributed by atoms with Crippen LogP contribution in [0, 0.1) is 6.92 Å². The number of benzene rings is 2. The van der Waals surface area contributed by atoms with E-state index in [0.29, 0.717) is 10.6 Å². The largest absolute Gasteiger partial charge is 0.444 e. The highest BCUT2D eigenvalue weighted by molar-refractivity contribution is 7.90. The lowest BCUT2D eigenvalue weighted by atomic mass is 10.2. The van der Waals surface area contributed by atoms with Gasteiger partial charge < -0.3 is 4.74 Å². The van der Waals surface area contributed by atoms with E-state index in [-0.39, 0.29) is 11.5 Å². The van der Waals surface area contributed by atoms with Gasteiger partial charge in [0.1, 0.15) is 6.61 Å². The van der Waals surface area contributed by atoms with Crippen molar-refractivity contribution in [3.8, 4) is 0 Å². The van der Waals surface area contributed by atoms with Crippen LogP contribution >= 0.6 is 11.6 Å². The van der Waals surface area contributed by atoms with Crippen molar-refractivity contribution in [3.05, 3.63) is 64.7 Å². The molecular formula is C15H14ClNO4S. The molecule has 1 N–H and O–H groups in total. The molecule has 0 aliphatic heterocycles. The summed E-state index contributed by atoms with van der Waals surface area (Å²) in [6, 6.07) is 12.8. The fourth-order valence-corrected chi connectivity index (χ4v) is 2.66. The van der Waals surface area contributed by atoms with E-state index in [9.17, 15) is 13.2 Å². The Morgan fingerprint density at radius 2 is 1.68 bits per heavy atom. The van der Waals surface area contributed by atoms with Crippen molar-refractivity contribution < 1.29 is 17.9 Å². The molecule has 0 bridgehead atoms. The van der Waals surface area contributed by atoms with Gasteiger partial charge in [-0.1, -0.05) is 41.4 Å². The highest BCUT2D eigenvalue weighted by atomic mass is 35.5. The maximum Gasteiger partial charge on any atom is 0.421 e. The Morgan fingerprint density at radius 1 is 1.09 bits per heavy atom. The number of amides is 1. The molecule has 0 aromatic heterocycles. The van der Waals surface area contributed by atoms with Crippen LogP contribution in [0.15, 0.2) is 53.4 Å². The minimum Gasteiger partial charge on any atom is -0.444 e. The summed E-state index contributed by atoms with van der Waals surface area (Å²) in [7, 11) is -3.93. The predicted octanol–water partition coefficient (Wildman–Crippen LogP) is 3.26. The quantitative estimate of drug-likeness (QED) is 0.928. The van der Waals surface area contributed by atoms with Gasteiger partial charge in [-0.05, 0) is 36.8 Å². The molecule has 0 aliphatic rings. The summed E-state index contributed by atoms with van der Waals surface area (Å²) in [5.41, 5.74) is 1.62. The SMILES string of the molecule is Cc1ccc(S(=O)(=O)NC(=O)OCc2ccc(Cl)cc2)cc1. The maximum absolute atomic E-state index is 12.0. The first kappa shape index (κ1) is 16.3. The molecule has 5 nitrogen and oxygen atoms in total. The van der Waals surface area contributed by atoms with Crippen LogP contribution in [0.25, 0.3) is 0 Å². The van der Waals surface area contributed by atoms with Crippen molar-refractivity contribution in [1.29, 1.82) is 0 Å². The number of aryl methyl sites for hydroxylation is 1. The van der Waals surface area contributed by atoms with Crippen LogP contribution in [0.2, 0.25) is 5.02 Å². The van der Waals surface area contributed by atoms with E-state index in [1.165, 1.54) is 12.1 Å². The molecule has 0 aliphatic carbocycles. The number of carbonyl (C=O) groups excluding carboxylic acids is 1. The molecule has 0 radical (unpaired) electrons. The van der Waals surface area contributed by atoms with E-state index in [1.807, 2.05) is 11.6 Å². The molecule has 2 aromatic carbocycles. The van der Waals surface area contributed by atoms with E-state index >= 15 is 0 Å². The van der Waals surface area contributed by atoms with Gasteiger partial charge in [0.05, 0.1) is 4.90 Å². The first-order valence-corrected chi connectivity index (χ1v) is 8.23. The van der Waals surface area contributed by atoms with Crippen molar-refractivity contribution in [1.82, 2.24) is 4.72 Å². The van der Waals surface area contributed by atoms with Crippen molar-refractivity contribution in [2.24, 2.45) is 0 Å². The van der Waals surface area contributed by atoms with Gasteiger partial charge in [-0.15, -0.1) is 0 Å². The standard InChI is InChI=1S/C15H14ClNO4S/c1-11-2-8-14(9-3-11)22(19,20)17-15(18)21-10-12-4-6-13(16)7-5-12/h2-9H,10H2,1H3,(H,17,18). The summed E-state index contributed by atoms with van der Waals surface area (Å²) >= 11 is 5.74. The molecule has 0 unspecified atom stereocenters. The number of halogens is 1. The van der Waals surface area contributed by atoms with Crippen molar-refractivity contribution in [2.45, 2.75) is 18.4 Å². The van der Waals surface area contributed by atoms with E-state index in [1.54, 1.807) is 36.4 Å². The van der Waals surface area contributed by atoms with Crippen LogP contribution in [0.5, 0.6) is 0 Å². The van der Waals surface area contributed by atoms with Gasteiger partial charge in [-0.25, -0.2) is 17.9 Å². The number of nitrogens with one attached hydrogen (secondary N) is 1. The van der Waals surface area contributed by atoms with Crippen molar-refractivity contribution in [2.75, 3.05) is 0 Å². The number of hydrogen-bond acceptors (Lipinski definition) is 4. The lowest BCUT2D eigenvalue weighted by Crippen LogP contribution is -2.31. The highest BCUT2D eigenvalue weighted by Crippen LogP contribution is 2.12. The number of carbonyl (C=O) groups is 1. The first-order chi connectivity index (χ1) is 10.4. The monoisotopic (exact) mass is 339 g/mol. The minimum atomic E-state index is -3.93. The minimum absolute atomic E-state index is 0.00143. The molecular weight excluding hydrogens is 326 g/mol. The third kappa shape index (κ3) is 4.47. The van der Waals surface area contributed by atoms with Crippen molar-refractivity contribution >= 4 is 27.7 Å². The van der Waals surface area contributed by atoms with E-state index in [0.717, 1.165) is 5.56 Å². The zero-order valence-corrected chi connectivity index (χ0v) is 13.3. The lowest BCUT2D eigenvalue weighted by molar-refractivity contribution is 0.146. The van der Waals surface area contributed by atoms with Crippen LogP contribution < -0.4 is 4.72 Å². The molecule has 0 saturated carbocycles. The summed E-state index contributed by atoms with van der Waals surface area (Å²) in [6.07, 6.45) is -1.03. The van der Waals surface area contributed by atoms with Gasteiger partial charge in [0, 0.05) is 5.02 Å². The Balaban J connectivity index is 1.96. The molecule has 0 heterocycles. The average molecular weight is 340 g/mol. The predicted molar refractivity (Wildman–Crippen MR) is 83.1 cm³/mol. The van der Waals surface area contributed by atoms with Crippen LogP contribution in [0.4, 0.5) is 4.79 Å². The number of ether oxygens (including phenoxy) is 1. The normalized spacial score (nSPS) is 11.0. The topological polar surface area (TPSA) is 72.5 Å². The molecule has 7 heteroatoms. The Kier molecular flexibility index (Phi) is 5.05. The average Bonchev–Trinajstić information content (AvgIpc) is 2.46. The molecule has 0 fully saturated rings. The van der Waals surface area contributed by atoms with E-state index in [2.05, 4.69) is 0 Å². The van der Waals surface area contributed by atoms with Gasteiger partial charge in [0.15, 0.2) is 0 Å². The molecule has 22 heavy (non-hydrogen) atoms. The Morgan fingerprint density at radius 3 is 2.27 bits per heavy atom. The molecule has 0 atom stereocenters. The molecule has 2 aromatic rings. The maximum atomic E-state index is 12.0. The molecule has 0 spiro atoms. The van der Waals surface area contributed by atoms with Crippen LogP contribution in [-0.4, -0.2) is 14.5 Å². The summed E-state index contributed by atoms with van der Waals surface area (Å²) in [5.74, 6) is 0. The molecule has 2 rings (SSSR count). The lowest BCUT2D eigenvalue weighted by Gasteiger charge is -2.08. The third-order valence-electron chi connectivity index (χ3n) is 2.83. The van der Waals surface area contributed by atoms with Gasteiger partial charge in [-0.3, -0.25) is 0 Å². The zero-order chi connectivity index (χ0) is 16.2. The Labute approximate surface area is 133 Å². The third-order valence-corrected chi connectivity index (χ3v) is 4.41. The number of hydrogen-bond donors (Lipinski definition) is 1. The summed E-state index contributed by atoms with van der Waals surface area (Å²) in [6.45, 7) is 1.79. The molecule has 1 amide bonds. The molecule has 0 saturated heterocycles. The molecule has 116 valence electrons. The van der Waals surface area contributed by atoms with Crippen LogP contribution in [0.1, 0.15) is 11.1 Å². The highest BCUT2D eigenvalue weighted by Gasteiger charge is 2.18. The summed E-state index contributed by atoms with van der Waals surface area (Å²) in [5, 5.41) is 0.565. The second-order valence-electron chi connectivity index (χ2n) is 4.62. The fraction of sp³-hybridized carbons (Fsp3) is 0.133. The summed E-state index contributed by atoms with van der Waals surface area (Å²) < 4.78 is 30.7. The Bertz CT molecular complexity index is 755. The van der Waals surface area contributed by atoms with Crippen molar-refractivity contribution in [3.63, 3.8) is 0 Å². The number of sulfonamides is 1. The fourth-order valence-electron chi connectivity index (χ4n) is 1.65. The van der Waals surface area contributed by atoms with Crippen LogP contribution in [-0.2, 0) is 21.4 Å². The van der Waals surface area contributed by atoms with Gasteiger partial charge in [-0.2, -0.15) is 0 Å². The first-order valence-electron chi connectivity index (χ1n) is 6.37. The van der Waals surface area contributed by atoms with Gasteiger partial charge >= 0.3 is 6.09 Å². The van der Waals surface area contributed by atoms with Gasteiger partial charge in [0.25, 0.3) is 10.0 Å². The smallest absolute Gasteiger partial charge is 0.421 e. The zero-order valence-electron chi connectivity index (χ0n) is 11.7. The second-order valence-corrected chi connectivity index (χ2v) is 6.74. The van der Waals surface area contributed by atoms with E-state index in [4.69, 9.17) is 16.3 Å². The summed E-state index contributed by atoms with van der Waals surface area (Å²) in [4.78, 5) is 11.6. The van der Waals surface area contributed by atoms with E-state index < -0.39 is 16.1 Å². The van der Waals surface area contributed by atoms with Crippen LogP contribution in [0.3, 0.4) is 0 Å².